The van der Waals surface area contributed by atoms with Crippen LogP contribution in [0, 0.1) is 6.92 Å². The molecule has 0 atom stereocenters. The molecule has 2 rings (SSSR count). The Labute approximate surface area is 124 Å². The van der Waals surface area contributed by atoms with Crippen LogP contribution in [0.3, 0.4) is 0 Å². The van der Waals surface area contributed by atoms with Gasteiger partial charge in [0.2, 0.25) is 0 Å². The van der Waals surface area contributed by atoms with E-state index in [0.29, 0.717) is 16.8 Å². The molecule has 4 nitrogen and oxygen atoms in total. The molecule has 0 aliphatic rings. The van der Waals surface area contributed by atoms with Gasteiger partial charge in [-0.3, -0.25) is 9.59 Å². The summed E-state index contributed by atoms with van der Waals surface area (Å²) in [5.41, 5.74) is 2.77. The summed E-state index contributed by atoms with van der Waals surface area (Å²) in [6.45, 7) is 1.94. The Morgan fingerprint density at radius 2 is 1.62 bits per heavy atom. The molecule has 21 heavy (non-hydrogen) atoms. The van der Waals surface area contributed by atoms with Gasteiger partial charge >= 0.3 is 0 Å². The third-order valence-electron chi connectivity index (χ3n) is 3.05. The van der Waals surface area contributed by atoms with E-state index >= 15 is 0 Å². The van der Waals surface area contributed by atoms with Crippen molar-refractivity contribution in [2.24, 2.45) is 0 Å². The van der Waals surface area contributed by atoms with E-state index in [1.165, 1.54) is 4.90 Å². The number of carbonyl (C=O) groups is 2. The molecule has 0 saturated heterocycles. The Morgan fingerprint density at radius 3 is 2.29 bits per heavy atom. The highest BCUT2D eigenvalue weighted by Crippen LogP contribution is 2.14. The summed E-state index contributed by atoms with van der Waals surface area (Å²) in [6, 6.07) is 14.3. The predicted octanol–water partition coefficient (Wildman–Crippen LogP) is 2.95. The Bertz CT molecular complexity index is 678. The van der Waals surface area contributed by atoms with Gasteiger partial charge < -0.3 is 10.2 Å². The van der Waals surface area contributed by atoms with Crippen molar-refractivity contribution < 1.29 is 9.59 Å². The van der Waals surface area contributed by atoms with E-state index in [1.807, 2.05) is 25.1 Å². The smallest absolute Gasteiger partial charge is 0.255 e. The van der Waals surface area contributed by atoms with Gasteiger partial charge in [0.25, 0.3) is 11.8 Å². The van der Waals surface area contributed by atoms with Crippen molar-refractivity contribution in [1.82, 2.24) is 4.90 Å². The molecule has 0 unspecified atom stereocenters. The molecule has 2 aromatic carbocycles. The number of hydrogen-bond acceptors (Lipinski definition) is 2. The number of rotatable bonds is 3. The van der Waals surface area contributed by atoms with Crippen LogP contribution in [0.1, 0.15) is 26.3 Å². The van der Waals surface area contributed by atoms with Gasteiger partial charge in [0, 0.05) is 30.9 Å². The third kappa shape index (κ3) is 3.69. The molecule has 0 aliphatic carbocycles. The Kier molecular flexibility index (Phi) is 4.38. The van der Waals surface area contributed by atoms with E-state index in [9.17, 15) is 9.59 Å². The molecule has 0 aliphatic heterocycles. The van der Waals surface area contributed by atoms with Crippen LogP contribution in [0.2, 0.25) is 0 Å². The summed E-state index contributed by atoms with van der Waals surface area (Å²) in [5, 5.41) is 2.81. The fourth-order valence-electron chi connectivity index (χ4n) is 1.98. The summed E-state index contributed by atoms with van der Waals surface area (Å²) in [4.78, 5) is 25.6. The first kappa shape index (κ1) is 14.8. The minimum Gasteiger partial charge on any atom is -0.345 e. The quantitative estimate of drug-likeness (QED) is 0.941. The van der Waals surface area contributed by atoms with Crippen LogP contribution < -0.4 is 5.32 Å². The minimum absolute atomic E-state index is 0.0957. The van der Waals surface area contributed by atoms with Gasteiger partial charge in [0.05, 0.1) is 0 Å². The van der Waals surface area contributed by atoms with Gasteiger partial charge in [-0.05, 0) is 37.3 Å². The molecule has 2 aromatic rings. The number of hydrogen-bond donors (Lipinski definition) is 1. The number of amides is 2. The van der Waals surface area contributed by atoms with E-state index in [-0.39, 0.29) is 11.8 Å². The molecule has 1 N–H and O–H groups in total. The largest absolute Gasteiger partial charge is 0.345 e. The maximum absolute atomic E-state index is 12.2. The zero-order valence-electron chi connectivity index (χ0n) is 12.4. The lowest BCUT2D eigenvalue weighted by molar-refractivity contribution is 0.0827. The lowest BCUT2D eigenvalue weighted by Crippen LogP contribution is -2.22. The number of nitrogens with zero attached hydrogens (tertiary/aromatic N) is 1. The molecule has 0 fully saturated rings. The minimum atomic E-state index is -0.187. The van der Waals surface area contributed by atoms with Gasteiger partial charge in [-0.1, -0.05) is 23.8 Å². The summed E-state index contributed by atoms with van der Waals surface area (Å²) < 4.78 is 0. The van der Waals surface area contributed by atoms with Crippen LogP contribution in [0.15, 0.2) is 48.5 Å². The molecule has 0 aromatic heterocycles. The average Bonchev–Trinajstić information content (AvgIpc) is 2.46. The molecule has 0 bridgehead atoms. The molecule has 2 amide bonds. The second-order valence-corrected chi connectivity index (χ2v) is 5.10. The number of aryl methyl sites for hydroxylation is 1. The van der Waals surface area contributed by atoms with Gasteiger partial charge in [-0.2, -0.15) is 0 Å². The lowest BCUT2D eigenvalue weighted by Gasteiger charge is -2.12. The first-order valence-electron chi connectivity index (χ1n) is 6.67. The third-order valence-corrected chi connectivity index (χ3v) is 3.05. The van der Waals surface area contributed by atoms with E-state index in [2.05, 4.69) is 5.32 Å². The summed E-state index contributed by atoms with van der Waals surface area (Å²) in [7, 11) is 3.39. The molecular formula is C17H18N2O2. The zero-order valence-corrected chi connectivity index (χ0v) is 12.4. The Morgan fingerprint density at radius 1 is 0.952 bits per heavy atom. The molecular weight excluding hydrogens is 264 g/mol. The SMILES string of the molecule is Cc1cccc(C(=O)Nc2cccc(C(=O)N(C)C)c2)c1. The van der Waals surface area contributed by atoms with Gasteiger partial charge in [-0.25, -0.2) is 0 Å². The summed E-state index contributed by atoms with van der Waals surface area (Å²) in [6.07, 6.45) is 0. The Balaban J connectivity index is 2.18. The van der Waals surface area contributed by atoms with Crippen LogP contribution in [0.5, 0.6) is 0 Å². The average molecular weight is 282 g/mol. The summed E-state index contributed by atoms with van der Waals surface area (Å²) >= 11 is 0. The van der Waals surface area contributed by atoms with Gasteiger partial charge in [0.15, 0.2) is 0 Å². The van der Waals surface area contributed by atoms with Gasteiger partial charge in [0.1, 0.15) is 0 Å². The van der Waals surface area contributed by atoms with Crippen molar-refractivity contribution in [3.8, 4) is 0 Å². The van der Waals surface area contributed by atoms with Crippen LogP contribution in [-0.2, 0) is 0 Å². The van der Waals surface area contributed by atoms with Crippen molar-refractivity contribution in [2.75, 3.05) is 19.4 Å². The number of carbonyl (C=O) groups excluding carboxylic acids is 2. The maximum Gasteiger partial charge on any atom is 0.255 e. The van der Waals surface area contributed by atoms with Crippen LogP contribution in [0.4, 0.5) is 5.69 Å². The fraction of sp³-hybridized carbons (Fsp3) is 0.176. The number of nitrogens with one attached hydrogen (secondary N) is 1. The highest BCUT2D eigenvalue weighted by Gasteiger charge is 2.10. The highest BCUT2D eigenvalue weighted by molar-refractivity contribution is 6.05. The van der Waals surface area contributed by atoms with Crippen molar-refractivity contribution in [3.63, 3.8) is 0 Å². The lowest BCUT2D eigenvalue weighted by atomic mass is 10.1. The topological polar surface area (TPSA) is 49.4 Å². The molecule has 0 radical (unpaired) electrons. The standard InChI is InChI=1S/C17H18N2O2/c1-12-6-4-7-13(10-12)16(20)18-15-9-5-8-14(11-15)17(21)19(2)3/h4-11H,1-3H3,(H,18,20). The zero-order chi connectivity index (χ0) is 15.4. The van der Waals surface area contributed by atoms with Crippen LogP contribution in [-0.4, -0.2) is 30.8 Å². The van der Waals surface area contributed by atoms with E-state index in [1.54, 1.807) is 44.4 Å². The molecule has 108 valence electrons. The van der Waals surface area contributed by atoms with Crippen molar-refractivity contribution in [1.29, 1.82) is 0 Å². The second kappa shape index (κ2) is 6.22. The van der Waals surface area contributed by atoms with E-state index in [0.717, 1.165) is 5.56 Å². The van der Waals surface area contributed by atoms with Crippen molar-refractivity contribution in [3.05, 3.63) is 65.2 Å². The Hall–Kier alpha value is -2.62. The van der Waals surface area contributed by atoms with Crippen molar-refractivity contribution in [2.45, 2.75) is 6.92 Å². The highest BCUT2D eigenvalue weighted by atomic mass is 16.2. The van der Waals surface area contributed by atoms with E-state index in [4.69, 9.17) is 0 Å². The molecule has 0 heterocycles. The first-order chi connectivity index (χ1) is 9.97. The van der Waals surface area contributed by atoms with Gasteiger partial charge in [-0.15, -0.1) is 0 Å². The second-order valence-electron chi connectivity index (χ2n) is 5.10. The maximum atomic E-state index is 12.2. The van der Waals surface area contributed by atoms with E-state index < -0.39 is 0 Å². The number of benzene rings is 2. The van der Waals surface area contributed by atoms with Crippen LogP contribution >= 0.6 is 0 Å². The fourth-order valence-corrected chi connectivity index (χ4v) is 1.98. The summed E-state index contributed by atoms with van der Waals surface area (Å²) in [5.74, 6) is -0.283. The molecule has 4 heteroatoms. The monoisotopic (exact) mass is 282 g/mol. The number of anilines is 1. The molecule has 0 spiro atoms. The van der Waals surface area contributed by atoms with Crippen LogP contribution in [0.25, 0.3) is 0 Å². The normalized spacial score (nSPS) is 10.0. The first-order valence-corrected chi connectivity index (χ1v) is 6.67. The predicted molar refractivity (Wildman–Crippen MR) is 83.6 cm³/mol. The molecule has 0 saturated carbocycles. The van der Waals surface area contributed by atoms with Crippen molar-refractivity contribution >= 4 is 17.5 Å².